The summed E-state index contributed by atoms with van der Waals surface area (Å²) in [6.45, 7) is 5.13. The van der Waals surface area contributed by atoms with E-state index in [4.69, 9.17) is 0 Å². The first-order chi connectivity index (χ1) is 9.90. The number of rotatable bonds is 5. The lowest BCUT2D eigenvalue weighted by atomic mass is 9.77. The first-order valence-corrected chi connectivity index (χ1v) is 8.43. The second-order valence-electron chi connectivity index (χ2n) is 6.98. The Morgan fingerprint density at radius 2 is 1.80 bits per heavy atom. The molecule has 1 aromatic carbocycles. The molecule has 1 heterocycles. The zero-order chi connectivity index (χ0) is 13.4. The molecule has 1 atom stereocenters. The molecule has 2 aliphatic carbocycles. The molecule has 1 aromatic rings. The van der Waals surface area contributed by atoms with Crippen LogP contribution in [0.1, 0.15) is 42.7 Å². The minimum absolute atomic E-state index is 0.813. The normalized spacial score (nSPS) is 26.4. The zero-order valence-corrected chi connectivity index (χ0v) is 12.4. The molecule has 2 heteroatoms. The van der Waals surface area contributed by atoms with Gasteiger partial charge in [-0.15, -0.1) is 0 Å². The van der Waals surface area contributed by atoms with E-state index in [-0.39, 0.29) is 0 Å². The lowest BCUT2D eigenvalue weighted by molar-refractivity contribution is 0.182. The largest absolute Gasteiger partial charge is 0.317 e. The minimum atomic E-state index is 0.813. The van der Waals surface area contributed by atoms with Gasteiger partial charge in [0.2, 0.25) is 0 Å². The van der Waals surface area contributed by atoms with E-state index in [1.165, 1.54) is 58.3 Å². The van der Waals surface area contributed by atoms with Gasteiger partial charge in [0.15, 0.2) is 0 Å². The monoisotopic (exact) mass is 270 g/mol. The van der Waals surface area contributed by atoms with Crippen LogP contribution in [0, 0.1) is 5.92 Å². The number of benzene rings is 1. The Morgan fingerprint density at radius 1 is 1.00 bits per heavy atom. The summed E-state index contributed by atoms with van der Waals surface area (Å²) in [5, 5.41) is 3.49. The molecule has 1 saturated heterocycles. The molecule has 1 saturated carbocycles. The highest BCUT2D eigenvalue weighted by Crippen LogP contribution is 2.38. The van der Waals surface area contributed by atoms with Gasteiger partial charge in [-0.3, -0.25) is 4.90 Å². The third-order valence-corrected chi connectivity index (χ3v) is 5.43. The molecule has 108 valence electrons. The van der Waals surface area contributed by atoms with E-state index in [0.29, 0.717) is 0 Å². The summed E-state index contributed by atoms with van der Waals surface area (Å²) >= 11 is 0. The van der Waals surface area contributed by atoms with Crippen LogP contribution in [0.25, 0.3) is 0 Å². The molecule has 4 rings (SSSR count). The van der Waals surface area contributed by atoms with Crippen molar-refractivity contribution in [2.24, 2.45) is 5.92 Å². The van der Waals surface area contributed by atoms with Gasteiger partial charge in [-0.2, -0.15) is 0 Å². The molecule has 20 heavy (non-hydrogen) atoms. The highest BCUT2D eigenvalue weighted by Gasteiger charge is 2.35. The summed E-state index contributed by atoms with van der Waals surface area (Å²) in [5.41, 5.74) is 3.22. The van der Waals surface area contributed by atoms with Gasteiger partial charge in [0.1, 0.15) is 0 Å². The molecular weight excluding hydrogens is 244 g/mol. The summed E-state index contributed by atoms with van der Waals surface area (Å²) in [6, 6.07) is 9.96. The average molecular weight is 270 g/mol. The van der Waals surface area contributed by atoms with Crippen molar-refractivity contribution in [3.8, 4) is 0 Å². The number of hydrogen-bond acceptors (Lipinski definition) is 2. The van der Waals surface area contributed by atoms with E-state index in [1.807, 2.05) is 0 Å². The highest BCUT2D eigenvalue weighted by molar-refractivity contribution is 5.40. The first-order valence-electron chi connectivity index (χ1n) is 8.43. The molecule has 2 fully saturated rings. The Balaban J connectivity index is 1.37. The van der Waals surface area contributed by atoms with Crippen molar-refractivity contribution in [1.82, 2.24) is 10.2 Å². The van der Waals surface area contributed by atoms with Gasteiger partial charge >= 0.3 is 0 Å². The van der Waals surface area contributed by atoms with Gasteiger partial charge in [0.25, 0.3) is 0 Å². The smallest absolute Gasteiger partial charge is 0.00967 e. The van der Waals surface area contributed by atoms with Gasteiger partial charge in [-0.25, -0.2) is 0 Å². The molecule has 2 nitrogen and oxygen atoms in total. The maximum Gasteiger partial charge on any atom is 0.00967 e. The van der Waals surface area contributed by atoms with E-state index < -0.39 is 0 Å². The molecule has 1 aliphatic heterocycles. The van der Waals surface area contributed by atoms with Crippen LogP contribution in [0.4, 0.5) is 0 Å². The number of nitrogens with one attached hydrogen (secondary N) is 1. The Bertz CT molecular complexity index is 460. The lowest BCUT2D eigenvalue weighted by Gasteiger charge is -2.37. The quantitative estimate of drug-likeness (QED) is 0.885. The number of fused-ring (bicyclic) bond motifs is 1. The first kappa shape index (κ1) is 12.8. The van der Waals surface area contributed by atoms with E-state index >= 15 is 0 Å². The van der Waals surface area contributed by atoms with Crippen molar-refractivity contribution < 1.29 is 0 Å². The van der Waals surface area contributed by atoms with E-state index in [2.05, 4.69) is 34.5 Å². The molecular formula is C18H26N2. The molecule has 0 bridgehead atoms. The lowest BCUT2D eigenvalue weighted by Crippen LogP contribution is -2.40. The fourth-order valence-corrected chi connectivity index (χ4v) is 4.02. The van der Waals surface area contributed by atoms with Gasteiger partial charge in [-0.1, -0.05) is 24.3 Å². The second kappa shape index (κ2) is 5.50. The van der Waals surface area contributed by atoms with Crippen molar-refractivity contribution in [3.63, 3.8) is 0 Å². The number of nitrogens with zero attached hydrogens (tertiary/aromatic N) is 1. The van der Waals surface area contributed by atoms with E-state index in [1.54, 1.807) is 11.1 Å². The summed E-state index contributed by atoms with van der Waals surface area (Å²) in [4.78, 5) is 2.83. The standard InChI is InChI=1S/C18H26N2/c1-2-4-18-15(3-1)11-16(18)13-20(17-5-6-17)12-14-7-9-19-10-8-14/h1-4,14,16-17,19H,5-13H2. The van der Waals surface area contributed by atoms with E-state index in [9.17, 15) is 0 Å². The maximum absolute atomic E-state index is 3.49. The minimum Gasteiger partial charge on any atom is -0.317 e. The van der Waals surface area contributed by atoms with Crippen LogP contribution >= 0.6 is 0 Å². The molecule has 1 unspecified atom stereocenters. The molecule has 3 aliphatic rings. The Kier molecular flexibility index (Phi) is 3.53. The topological polar surface area (TPSA) is 15.3 Å². The predicted octanol–water partition coefficient (Wildman–Crippen LogP) is 2.79. The van der Waals surface area contributed by atoms with Gasteiger partial charge in [0, 0.05) is 25.0 Å². The SMILES string of the molecule is c1ccc2c(c1)CC2CN(CC1CCNCC1)C1CC1. The van der Waals surface area contributed by atoms with Crippen LogP contribution in [-0.2, 0) is 6.42 Å². The molecule has 0 aromatic heterocycles. The van der Waals surface area contributed by atoms with Gasteiger partial charge < -0.3 is 5.32 Å². The third kappa shape index (κ3) is 2.64. The predicted molar refractivity (Wildman–Crippen MR) is 83.1 cm³/mol. The van der Waals surface area contributed by atoms with Crippen LogP contribution in [0.15, 0.2) is 24.3 Å². The fourth-order valence-electron chi connectivity index (χ4n) is 4.02. The third-order valence-electron chi connectivity index (χ3n) is 5.43. The Morgan fingerprint density at radius 3 is 2.55 bits per heavy atom. The van der Waals surface area contributed by atoms with Crippen LogP contribution in [0.3, 0.4) is 0 Å². The van der Waals surface area contributed by atoms with Gasteiger partial charge in [0.05, 0.1) is 0 Å². The highest BCUT2D eigenvalue weighted by atomic mass is 15.2. The molecule has 1 N–H and O–H groups in total. The van der Waals surface area contributed by atoms with Crippen molar-refractivity contribution in [2.45, 2.75) is 44.1 Å². The van der Waals surface area contributed by atoms with Crippen LogP contribution in [0.5, 0.6) is 0 Å². The summed E-state index contributed by atoms with van der Waals surface area (Å²) in [6.07, 6.45) is 6.96. The van der Waals surface area contributed by atoms with Crippen molar-refractivity contribution in [2.75, 3.05) is 26.2 Å². The fraction of sp³-hybridized carbons (Fsp3) is 0.667. The Hall–Kier alpha value is -0.860. The van der Waals surface area contributed by atoms with Crippen LogP contribution < -0.4 is 5.32 Å². The van der Waals surface area contributed by atoms with E-state index in [0.717, 1.165) is 17.9 Å². The average Bonchev–Trinajstić information content (AvgIpc) is 3.29. The van der Waals surface area contributed by atoms with Gasteiger partial charge in [-0.05, 0) is 62.2 Å². The summed E-state index contributed by atoms with van der Waals surface area (Å²) in [7, 11) is 0. The van der Waals surface area contributed by atoms with Crippen molar-refractivity contribution in [3.05, 3.63) is 35.4 Å². The number of piperidine rings is 1. The van der Waals surface area contributed by atoms with Crippen LogP contribution in [0.2, 0.25) is 0 Å². The molecule has 0 radical (unpaired) electrons. The Labute approximate surface area is 122 Å². The maximum atomic E-state index is 3.49. The summed E-state index contributed by atoms with van der Waals surface area (Å²) in [5.74, 6) is 1.75. The zero-order valence-electron chi connectivity index (χ0n) is 12.4. The van der Waals surface area contributed by atoms with Crippen molar-refractivity contribution >= 4 is 0 Å². The van der Waals surface area contributed by atoms with Crippen molar-refractivity contribution in [1.29, 1.82) is 0 Å². The molecule has 0 amide bonds. The number of hydrogen-bond donors (Lipinski definition) is 1. The van der Waals surface area contributed by atoms with Crippen LogP contribution in [-0.4, -0.2) is 37.1 Å². The summed E-state index contributed by atoms with van der Waals surface area (Å²) < 4.78 is 0. The second-order valence-corrected chi connectivity index (χ2v) is 6.98. The molecule has 0 spiro atoms.